The Labute approximate surface area is 114 Å². The summed E-state index contributed by atoms with van der Waals surface area (Å²) in [4.78, 5) is 11.0. The van der Waals surface area contributed by atoms with E-state index in [1.165, 1.54) is 0 Å². The molecule has 1 aliphatic heterocycles. The smallest absolute Gasteiger partial charge is 0.334 e. The molecule has 1 unspecified atom stereocenters. The summed E-state index contributed by atoms with van der Waals surface area (Å²) in [6.45, 7) is 9.63. The quantitative estimate of drug-likeness (QED) is 0.613. The van der Waals surface area contributed by atoms with Gasteiger partial charge in [0.2, 0.25) is 0 Å². The van der Waals surface area contributed by atoms with E-state index in [-0.39, 0.29) is 6.10 Å². The van der Waals surface area contributed by atoms with Crippen LogP contribution in [0, 0.1) is 0 Å². The predicted molar refractivity (Wildman–Crippen MR) is 75.9 cm³/mol. The molecule has 0 saturated heterocycles. The highest BCUT2D eigenvalue weighted by atomic mass is 16.5. The highest BCUT2D eigenvalue weighted by molar-refractivity contribution is 5.90. The Balaban J connectivity index is 0.00000154. The highest BCUT2D eigenvalue weighted by Gasteiger charge is 2.26. The van der Waals surface area contributed by atoms with Crippen molar-refractivity contribution in [2.75, 3.05) is 13.7 Å². The van der Waals surface area contributed by atoms with Gasteiger partial charge in [-0.25, -0.2) is 4.79 Å². The van der Waals surface area contributed by atoms with Crippen LogP contribution in [0.1, 0.15) is 20.8 Å². The van der Waals surface area contributed by atoms with Crippen molar-refractivity contribution in [3.05, 3.63) is 47.8 Å². The fraction of sp³-hybridized carbons (Fsp3) is 0.400. The molecule has 0 radical (unpaired) electrons. The lowest BCUT2D eigenvalue weighted by Gasteiger charge is -2.02. The van der Waals surface area contributed by atoms with Crippen molar-refractivity contribution in [2.45, 2.75) is 26.9 Å². The van der Waals surface area contributed by atoms with Crippen LogP contribution in [-0.4, -0.2) is 30.9 Å². The van der Waals surface area contributed by atoms with Crippen LogP contribution in [0.15, 0.2) is 47.8 Å². The average molecular weight is 266 g/mol. The molecule has 0 fully saturated rings. The molecule has 4 heteroatoms. The molecular weight excluding hydrogens is 244 g/mol. The monoisotopic (exact) mass is 266 g/mol. The van der Waals surface area contributed by atoms with Gasteiger partial charge in [0.1, 0.15) is 5.76 Å². The van der Waals surface area contributed by atoms with Crippen molar-refractivity contribution in [2.24, 2.45) is 0 Å². The Morgan fingerprint density at radius 2 is 2.16 bits per heavy atom. The Morgan fingerprint density at radius 3 is 2.63 bits per heavy atom. The third-order valence-corrected chi connectivity index (χ3v) is 2.47. The van der Waals surface area contributed by atoms with E-state index in [4.69, 9.17) is 14.6 Å². The summed E-state index contributed by atoms with van der Waals surface area (Å²) in [6, 6.07) is 0. The average Bonchev–Trinajstić information content (AvgIpc) is 2.78. The number of hydrogen-bond acceptors (Lipinski definition) is 3. The van der Waals surface area contributed by atoms with Gasteiger partial charge < -0.3 is 14.6 Å². The van der Waals surface area contributed by atoms with E-state index in [2.05, 4.69) is 6.58 Å². The van der Waals surface area contributed by atoms with Crippen molar-refractivity contribution < 1.29 is 19.4 Å². The lowest BCUT2D eigenvalue weighted by atomic mass is 10.1. The number of methoxy groups -OCH3 is 1. The number of carbonyl (C=O) groups is 1. The first-order valence-corrected chi connectivity index (χ1v) is 6.22. The number of rotatable bonds is 5. The van der Waals surface area contributed by atoms with Crippen molar-refractivity contribution in [3.63, 3.8) is 0 Å². The number of ether oxygens (including phenoxy) is 2. The van der Waals surface area contributed by atoms with Crippen LogP contribution in [-0.2, 0) is 14.3 Å². The normalized spacial score (nSPS) is 19.2. The van der Waals surface area contributed by atoms with Crippen LogP contribution < -0.4 is 0 Å². The Kier molecular flexibility index (Phi) is 8.29. The lowest BCUT2D eigenvalue weighted by Crippen LogP contribution is -2.12. The molecule has 19 heavy (non-hydrogen) atoms. The van der Waals surface area contributed by atoms with Crippen LogP contribution >= 0.6 is 0 Å². The first kappa shape index (κ1) is 17.2. The van der Waals surface area contributed by atoms with E-state index in [0.717, 1.165) is 0 Å². The van der Waals surface area contributed by atoms with Crippen LogP contribution in [0.5, 0.6) is 0 Å². The zero-order valence-corrected chi connectivity index (χ0v) is 12.0. The number of hydrogen-bond donors (Lipinski definition) is 1. The van der Waals surface area contributed by atoms with E-state index >= 15 is 0 Å². The van der Waals surface area contributed by atoms with Gasteiger partial charge in [-0.05, 0) is 24.6 Å². The third-order valence-electron chi connectivity index (χ3n) is 2.47. The summed E-state index contributed by atoms with van der Waals surface area (Å²) in [5.41, 5.74) is 0.994. The van der Waals surface area contributed by atoms with Crippen molar-refractivity contribution >= 4 is 5.97 Å². The molecule has 4 nitrogen and oxygen atoms in total. The number of carboxylic acid groups (broad SMARTS) is 1. The molecule has 1 N–H and O–H groups in total. The van der Waals surface area contributed by atoms with Gasteiger partial charge in [0.15, 0.2) is 0 Å². The molecule has 106 valence electrons. The van der Waals surface area contributed by atoms with Gasteiger partial charge in [-0.2, -0.15) is 0 Å². The first-order chi connectivity index (χ1) is 9.10. The summed E-state index contributed by atoms with van der Waals surface area (Å²) >= 11 is 0. The van der Waals surface area contributed by atoms with Gasteiger partial charge in [-0.15, -0.1) is 0 Å². The zero-order valence-electron chi connectivity index (χ0n) is 12.0. The van der Waals surface area contributed by atoms with Crippen LogP contribution in [0.4, 0.5) is 0 Å². The molecule has 1 rings (SSSR count). The van der Waals surface area contributed by atoms with Crippen molar-refractivity contribution in [1.29, 1.82) is 0 Å². The summed E-state index contributed by atoms with van der Waals surface area (Å²) < 4.78 is 10.3. The van der Waals surface area contributed by atoms with Crippen LogP contribution in [0.3, 0.4) is 0 Å². The fourth-order valence-corrected chi connectivity index (χ4v) is 1.56. The molecule has 1 atom stereocenters. The van der Waals surface area contributed by atoms with E-state index < -0.39 is 5.97 Å². The molecule has 0 aromatic carbocycles. The minimum Gasteiger partial charge on any atom is -0.497 e. The lowest BCUT2D eigenvalue weighted by molar-refractivity contribution is -0.133. The second-order valence-electron chi connectivity index (χ2n) is 3.53. The van der Waals surface area contributed by atoms with Gasteiger partial charge in [0.25, 0.3) is 0 Å². The highest BCUT2D eigenvalue weighted by Crippen LogP contribution is 2.22. The maximum Gasteiger partial charge on any atom is 0.334 e. The molecule has 1 aliphatic rings. The largest absolute Gasteiger partial charge is 0.497 e. The van der Waals surface area contributed by atoms with E-state index in [9.17, 15) is 4.79 Å². The van der Waals surface area contributed by atoms with Gasteiger partial charge >= 0.3 is 5.97 Å². The van der Waals surface area contributed by atoms with Crippen LogP contribution in [0.25, 0.3) is 0 Å². The third kappa shape index (κ3) is 5.14. The second kappa shape index (κ2) is 9.16. The standard InChI is InChI=1S/C13H16O4.C2H6/c1-4-11(16-3)7-5-6-10-8-17-9(2)12(10)13(14)15;1-2/h4-7,9H,1,8H2,2-3H3,(H,14,15);1-2H3/b6-5+,11-7+;. The molecule has 1 heterocycles. The Hall–Kier alpha value is -1.81. The summed E-state index contributed by atoms with van der Waals surface area (Å²) in [5, 5.41) is 9.03. The Morgan fingerprint density at radius 1 is 1.53 bits per heavy atom. The van der Waals surface area contributed by atoms with Crippen molar-refractivity contribution in [3.8, 4) is 0 Å². The minimum atomic E-state index is -0.936. The summed E-state index contributed by atoms with van der Waals surface area (Å²) in [7, 11) is 1.55. The minimum absolute atomic E-state index is 0.312. The van der Waals surface area contributed by atoms with E-state index in [0.29, 0.717) is 23.5 Å². The molecule has 0 saturated carbocycles. The maximum absolute atomic E-state index is 11.0. The second-order valence-corrected chi connectivity index (χ2v) is 3.53. The summed E-state index contributed by atoms with van der Waals surface area (Å²) in [5.74, 6) is -0.319. The molecule has 0 aromatic heterocycles. The molecule has 0 bridgehead atoms. The molecule has 0 amide bonds. The maximum atomic E-state index is 11.0. The first-order valence-electron chi connectivity index (χ1n) is 6.22. The fourth-order valence-electron chi connectivity index (χ4n) is 1.56. The van der Waals surface area contributed by atoms with E-state index in [1.807, 2.05) is 13.8 Å². The predicted octanol–water partition coefficient (Wildman–Crippen LogP) is 3.09. The van der Waals surface area contributed by atoms with E-state index in [1.54, 1.807) is 38.3 Å². The number of carboxylic acids is 1. The Bertz CT molecular complexity index is 402. The van der Waals surface area contributed by atoms with Gasteiger partial charge in [-0.3, -0.25) is 0 Å². The van der Waals surface area contributed by atoms with Crippen molar-refractivity contribution in [1.82, 2.24) is 0 Å². The molecule has 0 spiro atoms. The number of allylic oxidation sites excluding steroid dienone is 3. The molecular formula is C15H22O4. The molecule has 0 aliphatic carbocycles. The summed E-state index contributed by atoms with van der Waals surface area (Å²) in [6.07, 6.45) is 6.36. The van der Waals surface area contributed by atoms with Gasteiger partial charge in [0.05, 0.1) is 25.4 Å². The van der Waals surface area contributed by atoms with Gasteiger partial charge in [0, 0.05) is 0 Å². The SMILES string of the molecule is C=C/C(=C\C=C\C1=C(C(=O)O)C(C)OC1)OC.CC. The van der Waals surface area contributed by atoms with Gasteiger partial charge in [-0.1, -0.05) is 32.6 Å². The topological polar surface area (TPSA) is 55.8 Å². The number of aliphatic carboxylic acids is 1. The van der Waals surface area contributed by atoms with Crippen LogP contribution in [0.2, 0.25) is 0 Å². The molecule has 0 aromatic rings. The zero-order chi connectivity index (χ0) is 14.8.